The van der Waals surface area contributed by atoms with Gasteiger partial charge in [0.25, 0.3) is 5.91 Å². The van der Waals surface area contributed by atoms with Crippen LogP contribution in [0.4, 0.5) is 5.69 Å². The van der Waals surface area contributed by atoms with Crippen molar-refractivity contribution in [3.05, 3.63) is 114 Å². The number of aryl methyl sites for hydroxylation is 1. The van der Waals surface area contributed by atoms with Gasteiger partial charge in [0.1, 0.15) is 0 Å². The molecule has 0 saturated heterocycles. The van der Waals surface area contributed by atoms with Gasteiger partial charge in [-0.05, 0) is 41.5 Å². The maximum atomic E-state index is 12.6. The summed E-state index contributed by atoms with van der Waals surface area (Å²) in [6.07, 6.45) is 1.67. The molecule has 37 heavy (non-hydrogen) atoms. The molecule has 0 radical (unpaired) electrons. The van der Waals surface area contributed by atoms with Crippen molar-refractivity contribution < 1.29 is 4.79 Å². The Bertz CT molecular complexity index is 1540. The predicted octanol–water partition coefficient (Wildman–Crippen LogP) is 5.58. The van der Waals surface area contributed by atoms with Crippen LogP contribution >= 0.6 is 11.8 Å². The monoisotopic (exact) mass is 506 g/mol. The quantitative estimate of drug-likeness (QED) is 0.155. The number of anilines is 1. The minimum absolute atomic E-state index is 0.156. The van der Waals surface area contributed by atoms with Crippen LogP contribution in [-0.2, 0) is 11.3 Å². The fourth-order valence-electron chi connectivity index (χ4n) is 3.99. The van der Waals surface area contributed by atoms with E-state index < -0.39 is 0 Å². The van der Waals surface area contributed by atoms with Gasteiger partial charge < -0.3 is 5.32 Å². The van der Waals surface area contributed by atoms with E-state index in [9.17, 15) is 4.79 Å². The highest BCUT2D eigenvalue weighted by molar-refractivity contribution is 7.99. The van der Waals surface area contributed by atoms with Crippen LogP contribution in [0.5, 0.6) is 0 Å². The number of para-hydroxylation sites is 2. The van der Waals surface area contributed by atoms with Crippen LogP contribution in [0.15, 0.2) is 107 Å². The summed E-state index contributed by atoms with van der Waals surface area (Å²) in [6, 6.07) is 32.1. The van der Waals surface area contributed by atoms with Gasteiger partial charge in [0, 0.05) is 16.9 Å². The summed E-state index contributed by atoms with van der Waals surface area (Å²) in [5.41, 5.74) is 6.71. The van der Waals surface area contributed by atoms with Gasteiger partial charge in [0.15, 0.2) is 11.0 Å². The van der Waals surface area contributed by atoms with Crippen LogP contribution in [0.2, 0.25) is 0 Å². The molecule has 0 unspecified atom stereocenters. The molecule has 0 aliphatic heterocycles. The Balaban J connectivity index is 1.26. The van der Waals surface area contributed by atoms with Gasteiger partial charge in [-0.2, -0.15) is 5.10 Å². The number of nitrogens with zero attached hydrogens (tertiary/aromatic N) is 4. The van der Waals surface area contributed by atoms with Crippen molar-refractivity contribution in [3.63, 3.8) is 0 Å². The average molecular weight is 507 g/mol. The highest BCUT2D eigenvalue weighted by Gasteiger charge is 2.16. The first-order valence-corrected chi connectivity index (χ1v) is 12.9. The first-order valence-electron chi connectivity index (χ1n) is 11.9. The molecule has 1 aromatic heterocycles. The van der Waals surface area contributed by atoms with Gasteiger partial charge in [-0.15, -0.1) is 10.2 Å². The molecule has 0 fully saturated rings. The lowest BCUT2D eigenvalue weighted by Gasteiger charge is -2.12. The second-order valence-electron chi connectivity index (χ2n) is 8.39. The Morgan fingerprint density at radius 1 is 0.919 bits per heavy atom. The number of carbonyl (C=O) groups excluding carboxylic acids is 1. The summed E-state index contributed by atoms with van der Waals surface area (Å²) in [5.74, 6) is 0.693. The van der Waals surface area contributed by atoms with E-state index in [0.717, 1.165) is 39.1 Å². The molecular formula is C29H26N6OS. The van der Waals surface area contributed by atoms with Gasteiger partial charge in [-0.25, -0.2) is 5.43 Å². The van der Waals surface area contributed by atoms with Gasteiger partial charge in [-0.3, -0.25) is 9.36 Å². The Morgan fingerprint density at radius 2 is 1.68 bits per heavy atom. The van der Waals surface area contributed by atoms with Gasteiger partial charge in [-0.1, -0.05) is 90.6 Å². The first-order chi connectivity index (χ1) is 18.2. The standard InChI is InChI=1S/C29H26N6OS/c1-21-10-5-8-17-26(21)30-19-27-32-34-29(35(27)24-14-3-2-4-15-24)37-20-28(36)33-31-18-23-13-9-12-22-11-6-7-16-25(22)23/h2-18,30H,19-20H2,1H3,(H,33,36). The van der Waals surface area contributed by atoms with Gasteiger partial charge in [0.2, 0.25) is 0 Å². The van der Waals surface area contributed by atoms with Crippen molar-refractivity contribution in [2.45, 2.75) is 18.6 Å². The summed E-state index contributed by atoms with van der Waals surface area (Å²) in [6.45, 7) is 2.56. The van der Waals surface area contributed by atoms with Crippen molar-refractivity contribution in [2.24, 2.45) is 5.10 Å². The van der Waals surface area contributed by atoms with E-state index in [4.69, 9.17) is 0 Å². The van der Waals surface area contributed by atoms with E-state index in [-0.39, 0.29) is 11.7 Å². The number of amides is 1. The van der Waals surface area contributed by atoms with Gasteiger partial charge in [0.05, 0.1) is 18.5 Å². The molecule has 0 aliphatic rings. The molecule has 8 heteroatoms. The van der Waals surface area contributed by atoms with Crippen LogP contribution < -0.4 is 10.7 Å². The minimum atomic E-state index is -0.219. The third kappa shape index (κ3) is 5.87. The van der Waals surface area contributed by atoms with E-state index in [1.54, 1.807) is 6.21 Å². The highest BCUT2D eigenvalue weighted by atomic mass is 32.2. The maximum absolute atomic E-state index is 12.6. The van der Waals surface area contributed by atoms with E-state index >= 15 is 0 Å². The Hall–Kier alpha value is -4.43. The molecule has 0 atom stereocenters. The topological polar surface area (TPSA) is 84.2 Å². The molecule has 0 saturated carbocycles. The molecule has 4 aromatic carbocycles. The Labute approximate surface area is 219 Å². The Morgan fingerprint density at radius 3 is 2.54 bits per heavy atom. The molecule has 5 aromatic rings. The number of benzene rings is 4. The van der Waals surface area contributed by atoms with Crippen LogP contribution in [-0.4, -0.2) is 32.6 Å². The van der Waals surface area contributed by atoms with Crippen LogP contribution in [0.25, 0.3) is 16.5 Å². The predicted molar refractivity (Wildman–Crippen MR) is 150 cm³/mol. The lowest BCUT2D eigenvalue weighted by atomic mass is 10.1. The van der Waals surface area contributed by atoms with E-state index in [0.29, 0.717) is 11.7 Å². The van der Waals surface area contributed by atoms with Crippen molar-refractivity contribution in [3.8, 4) is 5.69 Å². The highest BCUT2D eigenvalue weighted by Crippen LogP contribution is 2.23. The van der Waals surface area contributed by atoms with Crippen LogP contribution in [0.1, 0.15) is 17.0 Å². The lowest BCUT2D eigenvalue weighted by Crippen LogP contribution is -2.20. The molecule has 1 amide bonds. The minimum Gasteiger partial charge on any atom is -0.378 e. The molecule has 184 valence electrons. The number of fused-ring (bicyclic) bond motifs is 1. The van der Waals surface area contributed by atoms with E-state index in [2.05, 4.69) is 51.2 Å². The maximum Gasteiger partial charge on any atom is 0.250 e. The smallest absolute Gasteiger partial charge is 0.250 e. The van der Waals surface area contributed by atoms with Crippen molar-refractivity contribution >= 4 is 40.3 Å². The fourth-order valence-corrected chi connectivity index (χ4v) is 4.75. The number of rotatable bonds is 9. The molecule has 1 heterocycles. The average Bonchev–Trinajstić information content (AvgIpc) is 3.35. The zero-order valence-corrected chi connectivity index (χ0v) is 21.2. The van der Waals surface area contributed by atoms with Crippen LogP contribution in [0.3, 0.4) is 0 Å². The SMILES string of the molecule is Cc1ccccc1NCc1nnc(SCC(=O)NN=Cc2cccc3ccccc23)n1-c1ccccc1. The molecule has 0 bridgehead atoms. The number of thioether (sulfide) groups is 1. The summed E-state index contributed by atoms with van der Waals surface area (Å²) < 4.78 is 1.97. The zero-order valence-electron chi connectivity index (χ0n) is 20.3. The number of hydrogen-bond donors (Lipinski definition) is 2. The van der Waals surface area contributed by atoms with Gasteiger partial charge >= 0.3 is 0 Å². The second kappa shape index (κ2) is 11.5. The molecule has 7 nitrogen and oxygen atoms in total. The number of hydrazone groups is 1. The fraction of sp³-hybridized carbons (Fsp3) is 0.103. The summed E-state index contributed by atoms with van der Waals surface area (Å²) >= 11 is 1.32. The molecule has 0 aliphatic carbocycles. The first kappa shape index (κ1) is 24.3. The molecule has 2 N–H and O–H groups in total. The van der Waals surface area contributed by atoms with E-state index in [1.807, 2.05) is 83.4 Å². The number of carbonyl (C=O) groups is 1. The summed E-state index contributed by atoms with van der Waals surface area (Å²) in [5, 5.41) is 19.3. The molecular weight excluding hydrogens is 480 g/mol. The largest absolute Gasteiger partial charge is 0.378 e. The summed E-state index contributed by atoms with van der Waals surface area (Å²) in [4.78, 5) is 12.6. The molecule has 0 spiro atoms. The van der Waals surface area contributed by atoms with E-state index in [1.165, 1.54) is 11.8 Å². The number of hydrogen-bond acceptors (Lipinski definition) is 6. The number of nitrogens with one attached hydrogen (secondary N) is 2. The van der Waals surface area contributed by atoms with Crippen molar-refractivity contribution in [2.75, 3.05) is 11.1 Å². The lowest BCUT2D eigenvalue weighted by molar-refractivity contribution is -0.118. The van der Waals surface area contributed by atoms with Crippen molar-refractivity contribution in [1.29, 1.82) is 0 Å². The van der Waals surface area contributed by atoms with Crippen molar-refractivity contribution in [1.82, 2.24) is 20.2 Å². The normalized spacial score (nSPS) is 11.2. The third-order valence-corrected chi connectivity index (χ3v) is 6.77. The third-order valence-electron chi connectivity index (χ3n) is 5.85. The summed E-state index contributed by atoms with van der Waals surface area (Å²) in [7, 11) is 0. The number of aromatic nitrogens is 3. The Kier molecular flexibility index (Phi) is 7.57. The zero-order chi connectivity index (χ0) is 25.5. The van der Waals surface area contributed by atoms with Crippen LogP contribution in [0, 0.1) is 6.92 Å². The second-order valence-corrected chi connectivity index (χ2v) is 9.33. The molecule has 5 rings (SSSR count).